The molecule has 1 heterocycles. The van der Waals surface area contributed by atoms with Gasteiger partial charge in [-0.15, -0.1) is 0 Å². The predicted octanol–water partition coefficient (Wildman–Crippen LogP) is 2.15. The average molecular weight is 271 g/mol. The summed E-state index contributed by atoms with van der Waals surface area (Å²) in [7, 11) is 0. The van der Waals surface area contributed by atoms with Crippen LogP contribution in [0.2, 0.25) is 0 Å². The Bertz CT molecular complexity index is 453. The quantitative estimate of drug-likeness (QED) is 0.845. The molecular weight excluding hydrogens is 256 g/mol. The highest BCUT2D eigenvalue weighted by Gasteiger charge is 2.25. The van der Waals surface area contributed by atoms with Crippen molar-refractivity contribution >= 4 is 5.91 Å². The molecule has 0 aromatic heterocycles. The number of nitrogens with zero attached hydrogens (tertiary/aromatic N) is 1. The van der Waals surface area contributed by atoms with Crippen molar-refractivity contribution in [2.24, 2.45) is 0 Å². The SMILES string of the molecule is CC1CN(C(=O)c2ccccc2OC(F)F)CCO1. The Morgan fingerprint density at radius 1 is 1.47 bits per heavy atom. The van der Waals surface area contributed by atoms with Crippen molar-refractivity contribution in [3.63, 3.8) is 0 Å². The first-order chi connectivity index (χ1) is 9.08. The van der Waals surface area contributed by atoms with Crippen LogP contribution in [0, 0.1) is 0 Å². The molecule has 0 saturated carbocycles. The van der Waals surface area contributed by atoms with Crippen molar-refractivity contribution in [3.8, 4) is 5.75 Å². The molecule has 1 atom stereocenters. The van der Waals surface area contributed by atoms with Gasteiger partial charge >= 0.3 is 6.61 Å². The second-order valence-corrected chi connectivity index (χ2v) is 4.31. The minimum Gasteiger partial charge on any atom is -0.434 e. The summed E-state index contributed by atoms with van der Waals surface area (Å²) in [6.07, 6.45) is -0.0547. The minimum atomic E-state index is -2.95. The van der Waals surface area contributed by atoms with E-state index in [0.717, 1.165) is 0 Å². The van der Waals surface area contributed by atoms with Crippen LogP contribution >= 0.6 is 0 Å². The van der Waals surface area contributed by atoms with E-state index in [0.29, 0.717) is 19.7 Å². The summed E-state index contributed by atoms with van der Waals surface area (Å²) in [5.74, 6) is -0.409. The lowest BCUT2D eigenvalue weighted by Gasteiger charge is -2.31. The zero-order valence-corrected chi connectivity index (χ0v) is 10.5. The maximum absolute atomic E-state index is 12.3. The average Bonchev–Trinajstić information content (AvgIpc) is 2.38. The third kappa shape index (κ3) is 3.41. The van der Waals surface area contributed by atoms with Crippen molar-refractivity contribution in [2.75, 3.05) is 19.7 Å². The summed E-state index contributed by atoms with van der Waals surface area (Å²) in [6.45, 7) is 0.261. The van der Waals surface area contributed by atoms with Crippen LogP contribution in [-0.4, -0.2) is 43.2 Å². The van der Waals surface area contributed by atoms with Crippen LogP contribution in [-0.2, 0) is 4.74 Å². The van der Waals surface area contributed by atoms with E-state index < -0.39 is 6.61 Å². The van der Waals surface area contributed by atoms with E-state index in [4.69, 9.17) is 4.74 Å². The van der Waals surface area contributed by atoms with Gasteiger partial charge < -0.3 is 14.4 Å². The number of alkyl halides is 2. The molecule has 4 nitrogen and oxygen atoms in total. The third-order valence-electron chi connectivity index (χ3n) is 2.86. The van der Waals surface area contributed by atoms with Crippen molar-refractivity contribution in [3.05, 3.63) is 29.8 Å². The molecule has 2 rings (SSSR count). The molecule has 1 aliphatic rings. The number of amides is 1. The molecule has 1 aromatic carbocycles. The van der Waals surface area contributed by atoms with Gasteiger partial charge in [0.2, 0.25) is 0 Å². The first-order valence-electron chi connectivity index (χ1n) is 6.02. The molecule has 19 heavy (non-hydrogen) atoms. The molecule has 104 valence electrons. The highest BCUT2D eigenvalue weighted by molar-refractivity contribution is 5.97. The van der Waals surface area contributed by atoms with Gasteiger partial charge in [0.05, 0.1) is 18.3 Å². The van der Waals surface area contributed by atoms with E-state index in [1.54, 1.807) is 17.0 Å². The molecule has 1 aliphatic heterocycles. The van der Waals surface area contributed by atoms with Crippen LogP contribution in [0.3, 0.4) is 0 Å². The largest absolute Gasteiger partial charge is 0.434 e. The highest BCUT2D eigenvalue weighted by Crippen LogP contribution is 2.22. The van der Waals surface area contributed by atoms with Gasteiger partial charge in [-0.2, -0.15) is 8.78 Å². The van der Waals surface area contributed by atoms with Crippen LogP contribution in [0.25, 0.3) is 0 Å². The van der Waals surface area contributed by atoms with Gasteiger partial charge in [0.1, 0.15) is 5.75 Å². The Balaban J connectivity index is 2.18. The Morgan fingerprint density at radius 3 is 2.89 bits per heavy atom. The first-order valence-corrected chi connectivity index (χ1v) is 6.02. The van der Waals surface area contributed by atoms with E-state index in [1.165, 1.54) is 12.1 Å². The maximum Gasteiger partial charge on any atom is 0.387 e. The van der Waals surface area contributed by atoms with Gasteiger partial charge in [0.25, 0.3) is 5.91 Å². The van der Waals surface area contributed by atoms with Crippen LogP contribution in [0.1, 0.15) is 17.3 Å². The summed E-state index contributed by atoms with van der Waals surface area (Å²) in [5, 5.41) is 0. The van der Waals surface area contributed by atoms with Crippen molar-refractivity contribution in [2.45, 2.75) is 19.6 Å². The van der Waals surface area contributed by atoms with Gasteiger partial charge in [-0.3, -0.25) is 4.79 Å². The van der Waals surface area contributed by atoms with Crippen molar-refractivity contribution in [1.29, 1.82) is 0 Å². The lowest BCUT2D eigenvalue weighted by molar-refractivity contribution is -0.0506. The number of carbonyl (C=O) groups excluding carboxylic acids is 1. The molecule has 0 radical (unpaired) electrons. The fraction of sp³-hybridized carbons (Fsp3) is 0.462. The Hall–Kier alpha value is -1.69. The van der Waals surface area contributed by atoms with Crippen LogP contribution in [0.5, 0.6) is 5.75 Å². The van der Waals surface area contributed by atoms with Gasteiger partial charge in [-0.25, -0.2) is 0 Å². The van der Waals surface area contributed by atoms with Gasteiger partial charge in [0, 0.05) is 13.1 Å². The van der Waals surface area contributed by atoms with Gasteiger partial charge in [-0.1, -0.05) is 12.1 Å². The Kier molecular flexibility index (Phi) is 4.31. The number of para-hydroxylation sites is 1. The van der Waals surface area contributed by atoms with Gasteiger partial charge in [-0.05, 0) is 19.1 Å². The number of halogens is 2. The number of benzene rings is 1. The minimum absolute atomic E-state index is 0.0547. The lowest BCUT2D eigenvalue weighted by Crippen LogP contribution is -2.44. The fourth-order valence-electron chi connectivity index (χ4n) is 2.02. The van der Waals surface area contributed by atoms with E-state index in [-0.39, 0.29) is 23.3 Å². The topological polar surface area (TPSA) is 38.8 Å². The molecule has 0 N–H and O–H groups in total. The first kappa shape index (κ1) is 13.7. The van der Waals surface area contributed by atoms with E-state index >= 15 is 0 Å². The highest BCUT2D eigenvalue weighted by atomic mass is 19.3. The fourth-order valence-corrected chi connectivity index (χ4v) is 2.02. The summed E-state index contributed by atoms with van der Waals surface area (Å²) in [4.78, 5) is 13.9. The third-order valence-corrected chi connectivity index (χ3v) is 2.86. The standard InChI is InChI=1S/C13H15F2NO3/c1-9-8-16(6-7-18-9)12(17)10-4-2-3-5-11(10)19-13(14)15/h2-5,9,13H,6-8H2,1H3. The summed E-state index contributed by atoms with van der Waals surface area (Å²) >= 11 is 0. The molecular formula is C13H15F2NO3. The van der Waals surface area contributed by atoms with E-state index in [2.05, 4.69) is 4.74 Å². The summed E-state index contributed by atoms with van der Waals surface area (Å²) < 4.78 is 34.3. The lowest BCUT2D eigenvalue weighted by atomic mass is 10.1. The predicted molar refractivity (Wildman–Crippen MR) is 64.4 cm³/mol. The van der Waals surface area contributed by atoms with E-state index in [9.17, 15) is 13.6 Å². The smallest absolute Gasteiger partial charge is 0.387 e. The second-order valence-electron chi connectivity index (χ2n) is 4.31. The normalized spacial score (nSPS) is 19.6. The van der Waals surface area contributed by atoms with E-state index in [1.807, 2.05) is 6.92 Å². The number of carbonyl (C=O) groups is 1. The second kappa shape index (κ2) is 5.97. The van der Waals surface area contributed by atoms with Crippen LogP contribution < -0.4 is 4.74 Å². The zero-order chi connectivity index (χ0) is 13.8. The molecule has 0 bridgehead atoms. The molecule has 1 unspecified atom stereocenters. The molecule has 1 fully saturated rings. The van der Waals surface area contributed by atoms with Crippen molar-refractivity contribution < 1.29 is 23.0 Å². The molecule has 1 amide bonds. The molecule has 6 heteroatoms. The van der Waals surface area contributed by atoms with Crippen LogP contribution in [0.4, 0.5) is 8.78 Å². The Morgan fingerprint density at radius 2 is 2.21 bits per heavy atom. The number of ether oxygens (including phenoxy) is 2. The number of morpholine rings is 1. The number of rotatable bonds is 3. The molecule has 1 aromatic rings. The summed E-state index contributed by atoms with van der Waals surface area (Å²) in [6, 6.07) is 6.02. The summed E-state index contributed by atoms with van der Waals surface area (Å²) in [5.41, 5.74) is 0.150. The van der Waals surface area contributed by atoms with Crippen molar-refractivity contribution in [1.82, 2.24) is 4.90 Å². The molecule has 1 saturated heterocycles. The Labute approximate surface area is 109 Å². The number of hydrogen-bond acceptors (Lipinski definition) is 3. The zero-order valence-electron chi connectivity index (χ0n) is 10.5. The van der Waals surface area contributed by atoms with Gasteiger partial charge in [0.15, 0.2) is 0 Å². The molecule has 0 spiro atoms. The molecule has 0 aliphatic carbocycles. The maximum atomic E-state index is 12.3. The number of hydrogen-bond donors (Lipinski definition) is 0. The van der Waals surface area contributed by atoms with Crippen LogP contribution in [0.15, 0.2) is 24.3 Å². The monoisotopic (exact) mass is 271 g/mol.